The maximum absolute atomic E-state index is 11.8. The topological polar surface area (TPSA) is 85.8 Å². The number of aliphatic hydroxyl groups excluding tert-OH is 1. The maximum atomic E-state index is 11.8. The van der Waals surface area contributed by atoms with E-state index in [-0.39, 0.29) is 16.9 Å². The number of aromatic hydroxyl groups is 1. The van der Waals surface area contributed by atoms with Crippen LogP contribution in [0.15, 0.2) is 41.3 Å². The van der Waals surface area contributed by atoms with E-state index in [9.17, 15) is 15.0 Å². The van der Waals surface area contributed by atoms with Gasteiger partial charge in [-0.3, -0.25) is 9.69 Å². The van der Waals surface area contributed by atoms with Crippen LogP contribution < -0.4 is 10.2 Å². The quantitative estimate of drug-likeness (QED) is 0.723. The number of phenolic OH excluding ortho intramolecular Hbond substituents is 1. The zero-order chi connectivity index (χ0) is 16.8. The van der Waals surface area contributed by atoms with Crippen LogP contribution in [0.5, 0.6) is 11.5 Å². The molecule has 2 rings (SSSR count). The number of methoxy groups -OCH3 is 1. The summed E-state index contributed by atoms with van der Waals surface area (Å²) in [6, 6.07) is 8.09. The second-order valence-corrected chi connectivity index (χ2v) is 5.33. The van der Waals surface area contributed by atoms with Crippen LogP contribution in [-0.4, -0.2) is 40.3 Å². The highest BCUT2D eigenvalue weighted by atomic mass is 16.5. The van der Waals surface area contributed by atoms with Gasteiger partial charge in [-0.1, -0.05) is 19.1 Å². The summed E-state index contributed by atoms with van der Waals surface area (Å²) in [6.07, 6.45) is 0.823. The van der Waals surface area contributed by atoms with Gasteiger partial charge in [0.2, 0.25) is 5.43 Å². The van der Waals surface area contributed by atoms with Crippen LogP contribution in [0.4, 0.5) is 0 Å². The van der Waals surface area contributed by atoms with E-state index in [1.807, 2.05) is 11.8 Å². The minimum Gasteiger partial charge on any atom is -0.508 e. The minimum absolute atomic E-state index is 0.129. The van der Waals surface area contributed by atoms with Crippen molar-refractivity contribution in [1.82, 2.24) is 9.88 Å². The number of H-pyrrole nitrogens is 1. The summed E-state index contributed by atoms with van der Waals surface area (Å²) in [4.78, 5) is 16.8. The van der Waals surface area contributed by atoms with Gasteiger partial charge in [-0.2, -0.15) is 0 Å². The predicted octanol–water partition coefficient (Wildman–Crippen LogP) is 1.64. The summed E-state index contributed by atoms with van der Waals surface area (Å²) in [5.41, 5.74) is 1.23. The van der Waals surface area contributed by atoms with Crippen LogP contribution in [0.25, 0.3) is 0 Å². The highest BCUT2D eigenvalue weighted by Gasteiger charge is 2.14. The summed E-state index contributed by atoms with van der Waals surface area (Å²) in [5.74, 6) is 0.403. The largest absolute Gasteiger partial charge is 0.508 e. The number of nitrogens with one attached hydrogen (secondary N) is 1. The van der Waals surface area contributed by atoms with Crippen molar-refractivity contribution in [3.63, 3.8) is 0 Å². The Hall–Kier alpha value is -2.31. The second kappa shape index (κ2) is 7.80. The summed E-state index contributed by atoms with van der Waals surface area (Å²) in [5, 5.41) is 19.8. The SMILES string of the molecule is CCN(Cc1cc(=O)c(OC)c[nH]1)C[C@@H](O)c1cccc(O)c1. The van der Waals surface area contributed by atoms with E-state index in [1.54, 1.807) is 24.3 Å². The molecule has 0 spiro atoms. The number of rotatable bonds is 7. The van der Waals surface area contributed by atoms with Crippen LogP contribution in [0, 0.1) is 0 Å². The van der Waals surface area contributed by atoms with Gasteiger partial charge in [0.15, 0.2) is 5.75 Å². The van der Waals surface area contributed by atoms with Crippen LogP contribution >= 0.6 is 0 Å². The lowest BCUT2D eigenvalue weighted by Gasteiger charge is -2.23. The number of aromatic amines is 1. The van der Waals surface area contributed by atoms with Crippen LogP contribution in [0.1, 0.15) is 24.3 Å². The second-order valence-electron chi connectivity index (χ2n) is 5.33. The molecule has 3 N–H and O–H groups in total. The average Bonchev–Trinajstić information content (AvgIpc) is 2.54. The first-order valence-corrected chi connectivity index (χ1v) is 7.48. The van der Waals surface area contributed by atoms with Crippen molar-refractivity contribution in [3.8, 4) is 11.5 Å². The lowest BCUT2D eigenvalue weighted by atomic mass is 10.1. The Morgan fingerprint density at radius 2 is 2.13 bits per heavy atom. The average molecular weight is 318 g/mol. The molecule has 23 heavy (non-hydrogen) atoms. The summed E-state index contributed by atoms with van der Waals surface area (Å²) >= 11 is 0. The van der Waals surface area contributed by atoms with E-state index in [1.165, 1.54) is 19.4 Å². The van der Waals surface area contributed by atoms with E-state index < -0.39 is 6.10 Å². The monoisotopic (exact) mass is 318 g/mol. The molecule has 0 saturated heterocycles. The third kappa shape index (κ3) is 4.58. The molecule has 0 bridgehead atoms. The molecule has 0 fully saturated rings. The fourth-order valence-corrected chi connectivity index (χ4v) is 2.38. The van der Waals surface area contributed by atoms with Crippen molar-refractivity contribution >= 4 is 0 Å². The highest BCUT2D eigenvalue weighted by molar-refractivity contribution is 5.28. The molecule has 0 aliphatic carbocycles. The summed E-state index contributed by atoms with van der Waals surface area (Å²) in [6.45, 7) is 3.60. The molecule has 124 valence electrons. The van der Waals surface area contributed by atoms with Gasteiger partial charge in [0, 0.05) is 31.0 Å². The molecule has 0 saturated carbocycles. The molecule has 0 unspecified atom stereocenters. The molecule has 1 heterocycles. The smallest absolute Gasteiger partial charge is 0.223 e. The number of hydrogen-bond acceptors (Lipinski definition) is 5. The molecule has 0 aliphatic heterocycles. The van der Waals surface area contributed by atoms with Crippen molar-refractivity contribution in [3.05, 3.63) is 58.0 Å². The lowest BCUT2D eigenvalue weighted by molar-refractivity contribution is 0.111. The Morgan fingerprint density at radius 3 is 2.74 bits per heavy atom. The number of benzene rings is 1. The Kier molecular flexibility index (Phi) is 5.78. The van der Waals surface area contributed by atoms with Gasteiger partial charge >= 0.3 is 0 Å². The highest BCUT2D eigenvalue weighted by Crippen LogP contribution is 2.19. The van der Waals surface area contributed by atoms with E-state index in [0.29, 0.717) is 25.2 Å². The minimum atomic E-state index is -0.716. The number of phenols is 1. The molecule has 1 aromatic carbocycles. The maximum Gasteiger partial charge on any atom is 0.223 e. The number of aliphatic hydroxyl groups is 1. The Bertz CT molecular complexity index is 699. The van der Waals surface area contributed by atoms with Gasteiger partial charge in [0.05, 0.1) is 13.2 Å². The lowest BCUT2D eigenvalue weighted by Crippen LogP contribution is -2.29. The van der Waals surface area contributed by atoms with Gasteiger partial charge in [-0.05, 0) is 24.2 Å². The Morgan fingerprint density at radius 1 is 1.35 bits per heavy atom. The molecule has 0 aliphatic rings. The number of pyridine rings is 1. The number of nitrogens with zero attached hydrogens (tertiary/aromatic N) is 1. The Balaban J connectivity index is 2.05. The molecular weight excluding hydrogens is 296 g/mol. The standard InChI is InChI=1S/C17H22N2O4/c1-3-19(10-13-8-15(21)17(23-2)9-18-13)11-16(22)12-5-4-6-14(20)7-12/h4-9,16,20,22H,3,10-11H2,1-2H3,(H,18,21)/t16-/m1/s1. The Labute approximate surface area is 135 Å². The first-order chi connectivity index (χ1) is 11.0. The van der Waals surface area contributed by atoms with E-state index in [4.69, 9.17) is 4.74 Å². The number of ether oxygens (including phenoxy) is 1. The van der Waals surface area contributed by atoms with Crippen LogP contribution in [-0.2, 0) is 6.54 Å². The third-order valence-electron chi connectivity index (χ3n) is 3.68. The number of likely N-dealkylation sites (N-methyl/N-ethyl adjacent to an activating group) is 1. The van der Waals surface area contributed by atoms with Crippen molar-refractivity contribution in [1.29, 1.82) is 0 Å². The summed E-state index contributed by atoms with van der Waals surface area (Å²) < 4.78 is 4.94. The zero-order valence-corrected chi connectivity index (χ0v) is 13.3. The molecule has 0 amide bonds. The van der Waals surface area contributed by atoms with E-state index in [2.05, 4.69) is 4.98 Å². The van der Waals surface area contributed by atoms with Crippen molar-refractivity contribution in [2.24, 2.45) is 0 Å². The van der Waals surface area contributed by atoms with Gasteiger partial charge in [-0.15, -0.1) is 0 Å². The van der Waals surface area contributed by atoms with Crippen LogP contribution in [0.2, 0.25) is 0 Å². The zero-order valence-electron chi connectivity index (χ0n) is 13.3. The third-order valence-corrected chi connectivity index (χ3v) is 3.68. The van der Waals surface area contributed by atoms with E-state index >= 15 is 0 Å². The molecule has 1 aromatic heterocycles. The number of hydrogen-bond donors (Lipinski definition) is 3. The van der Waals surface area contributed by atoms with Crippen molar-refractivity contribution in [2.75, 3.05) is 20.2 Å². The molecule has 1 atom stereocenters. The fourth-order valence-electron chi connectivity index (χ4n) is 2.38. The number of aromatic nitrogens is 1. The van der Waals surface area contributed by atoms with E-state index in [0.717, 1.165) is 5.69 Å². The van der Waals surface area contributed by atoms with Gasteiger partial charge in [0.25, 0.3) is 0 Å². The molecule has 6 nitrogen and oxygen atoms in total. The molecule has 0 radical (unpaired) electrons. The summed E-state index contributed by atoms with van der Waals surface area (Å²) in [7, 11) is 1.45. The van der Waals surface area contributed by atoms with Gasteiger partial charge in [0.1, 0.15) is 5.75 Å². The van der Waals surface area contributed by atoms with Crippen LogP contribution in [0.3, 0.4) is 0 Å². The normalized spacial score (nSPS) is 12.3. The first-order valence-electron chi connectivity index (χ1n) is 7.48. The molecule has 6 heteroatoms. The predicted molar refractivity (Wildman–Crippen MR) is 87.6 cm³/mol. The van der Waals surface area contributed by atoms with Crippen molar-refractivity contribution in [2.45, 2.75) is 19.6 Å². The van der Waals surface area contributed by atoms with Gasteiger partial charge in [-0.25, -0.2) is 0 Å². The fraction of sp³-hybridized carbons (Fsp3) is 0.353. The van der Waals surface area contributed by atoms with Gasteiger partial charge < -0.3 is 19.9 Å². The first kappa shape index (κ1) is 17.1. The molecule has 2 aromatic rings. The molecular formula is C17H22N2O4. The van der Waals surface area contributed by atoms with Crippen molar-refractivity contribution < 1.29 is 14.9 Å².